The highest BCUT2D eigenvalue weighted by Gasteiger charge is 2.06. The summed E-state index contributed by atoms with van der Waals surface area (Å²) in [4.78, 5) is 24.2. The summed E-state index contributed by atoms with van der Waals surface area (Å²) < 4.78 is 5.35. The van der Waals surface area contributed by atoms with Gasteiger partial charge in [0.05, 0.1) is 6.54 Å². The zero-order valence-corrected chi connectivity index (χ0v) is 11.4. The van der Waals surface area contributed by atoms with Gasteiger partial charge in [-0.2, -0.15) is 0 Å². The van der Waals surface area contributed by atoms with Crippen LogP contribution in [0.25, 0.3) is 0 Å². The molecule has 2 amide bonds. The van der Waals surface area contributed by atoms with E-state index in [9.17, 15) is 9.59 Å². The van der Waals surface area contributed by atoms with E-state index in [0.29, 0.717) is 11.4 Å². The number of hydrogen-bond donors (Lipinski definition) is 2. The Kier molecular flexibility index (Phi) is 5.81. The summed E-state index contributed by atoms with van der Waals surface area (Å²) in [5, 5.41) is 5.48. The summed E-state index contributed by atoms with van der Waals surface area (Å²) in [5.41, 5.74) is 0.634. The summed E-state index contributed by atoms with van der Waals surface area (Å²) in [6.45, 7) is 0.213. The molecule has 0 fully saturated rings. The van der Waals surface area contributed by atoms with E-state index in [0.717, 1.165) is 0 Å². The Morgan fingerprint density at radius 1 is 1.32 bits per heavy atom. The third-order valence-corrected chi connectivity index (χ3v) is 2.32. The standard InChI is InChI=1S/C13H19N3O3/c1-14-8-12(17)15-10-5-4-6-11(7-10)19-9-13(18)16(2)3/h4-7,14H,8-9H2,1-3H3,(H,15,17). The number of hydrogen-bond acceptors (Lipinski definition) is 4. The first-order valence-corrected chi connectivity index (χ1v) is 5.90. The van der Waals surface area contributed by atoms with Crippen LogP contribution in [-0.2, 0) is 9.59 Å². The molecule has 0 saturated heterocycles. The molecule has 6 heteroatoms. The topological polar surface area (TPSA) is 70.7 Å². The van der Waals surface area contributed by atoms with E-state index in [1.165, 1.54) is 4.90 Å². The van der Waals surface area contributed by atoms with E-state index in [4.69, 9.17) is 4.74 Å². The van der Waals surface area contributed by atoms with Gasteiger partial charge in [-0.1, -0.05) is 6.07 Å². The van der Waals surface area contributed by atoms with E-state index in [1.54, 1.807) is 45.4 Å². The Morgan fingerprint density at radius 3 is 2.68 bits per heavy atom. The van der Waals surface area contributed by atoms with E-state index < -0.39 is 0 Å². The molecular weight excluding hydrogens is 246 g/mol. The Morgan fingerprint density at radius 2 is 2.05 bits per heavy atom. The lowest BCUT2D eigenvalue weighted by atomic mass is 10.3. The minimum Gasteiger partial charge on any atom is -0.484 e. The van der Waals surface area contributed by atoms with Gasteiger partial charge in [-0.25, -0.2) is 0 Å². The Bertz CT molecular complexity index is 447. The van der Waals surface area contributed by atoms with Gasteiger partial charge < -0.3 is 20.3 Å². The zero-order valence-electron chi connectivity index (χ0n) is 11.4. The predicted molar refractivity (Wildman–Crippen MR) is 73.2 cm³/mol. The average Bonchev–Trinajstić information content (AvgIpc) is 2.36. The number of amides is 2. The van der Waals surface area contributed by atoms with Gasteiger partial charge in [0.1, 0.15) is 5.75 Å². The molecule has 0 bridgehead atoms. The van der Waals surface area contributed by atoms with E-state index in [1.807, 2.05) is 0 Å². The van der Waals surface area contributed by atoms with Crippen molar-refractivity contribution in [2.24, 2.45) is 0 Å². The first kappa shape index (κ1) is 15.0. The summed E-state index contributed by atoms with van der Waals surface area (Å²) in [6, 6.07) is 6.92. The molecule has 0 aliphatic rings. The molecule has 0 heterocycles. The smallest absolute Gasteiger partial charge is 0.259 e. The quantitative estimate of drug-likeness (QED) is 0.776. The normalized spacial score (nSPS) is 9.84. The van der Waals surface area contributed by atoms with Crippen molar-refractivity contribution in [3.8, 4) is 5.75 Å². The monoisotopic (exact) mass is 265 g/mol. The predicted octanol–water partition coefficient (Wildman–Crippen LogP) is 0.311. The number of nitrogens with one attached hydrogen (secondary N) is 2. The number of carbonyl (C=O) groups is 2. The molecule has 0 atom stereocenters. The summed E-state index contributed by atoms with van der Waals surface area (Å²) >= 11 is 0. The van der Waals surface area contributed by atoms with Crippen molar-refractivity contribution < 1.29 is 14.3 Å². The van der Waals surface area contributed by atoms with Gasteiger partial charge in [0.15, 0.2) is 6.61 Å². The number of rotatable bonds is 6. The molecule has 2 N–H and O–H groups in total. The molecule has 0 radical (unpaired) electrons. The van der Waals surface area contributed by atoms with Crippen LogP contribution in [0.3, 0.4) is 0 Å². The molecule has 0 spiro atoms. The fourth-order valence-corrected chi connectivity index (χ4v) is 1.30. The fraction of sp³-hybridized carbons (Fsp3) is 0.385. The minimum atomic E-state index is -0.135. The number of carbonyl (C=O) groups excluding carboxylic acids is 2. The largest absolute Gasteiger partial charge is 0.484 e. The van der Waals surface area contributed by atoms with Crippen LogP contribution in [-0.4, -0.2) is 51.0 Å². The maximum Gasteiger partial charge on any atom is 0.259 e. The molecule has 19 heavy (non-hydrogen) atoms. The molecule has 0 aliphatic carbocycles. The molecule has 6 nitrogen and oxygen atoms in total. The number of benzene rings is 1. The average molecular weight is 265 g/mol. The van der Waals surface area contributed by atoms with Crippen LogP contribution in [0.4, 0.5) is 5.69 Å². The second-order valence-electron chi connectivity index (χ2n) is 4.18. The number of anilines is 1. The van der Waals surface area contributed by atoms with Crippen molar-refractivity contribution in [1.29, 1.82) is 0 Å². The molecule has 0 aliphatic heterocycles. The lowest BCUT2D eigenvalue weighted by molar-refractivity contribution is -0.130. The van der Waals surface area contributed by atoms with Crippen molar-refractivity contribution in [2.45, 2.75) is 0 Å². The highest BCUT2D eigenvalue weighted by molar-refractivity contribution is 5.92. The fourth-order valence-electron chi connectivity index (χ4n) is 1.30. The minimum absolute atomic E-state index is 0.0269. The van der Waals surface area contributed by atoms with Gasteiger partial charge in [-0.3, -0.25) is 9.59 Å². The number of likely N-dealkylation sites (N-methyl/N-ethyl adjacent to an activating group) is 2. The molecule has 1 rings (SSSR count). The maximum atomic E-state index is 11.4. The molecule has 104 valence electrons. The van der Waals surface area contributed by atoms with Gasteiger partial charge in [0, 0.05) is 25.8 Å². The third kappa shape index (κ3) is 5.39. The van der Waals surface area contributed by atoms with Crippen molar-refractivity contribution in [2.75, 3.05) is 39.6 Å². The Labute approximate surface area is 112 Å². The second-order valence-corrected chi connectivity index (χ2v) is 4.18. The molecule has 0 unspecified atom stereocenters. The van der Waals surface area contributed by atoms with Gasteiger partial charge in [-0.05, 0) is 19.2 Å². The van der Waals surface area contributed by atoms with Gasteiger partial charge in [0.2, 0.25) is 5.91 Å². The molecule has 1 aromatic rings. The lowest BCUT2D eigenvalue weighted by Gasteiger charge is -2.12. The SMILES string of the molecule is CNCC(=O)Nc1cccc(OCC(=O)N(C)C)c1. The zero-order chi connectivity index (χ0) is 14.3. The van der Waals surface area contributed by atoms with Crippen molar-refractivity contribution in [1.82, 2.24) is 10.2 Å². The van der Waals surface area contributed by atoms with Crippen LogP contribution in [0.1, 0.15) is 0 Å². The van der Waals surface area contributed by atoms with E-state index in [2.05, 4.69) is 10.6 Å². The van der Waals surface area contributed by atoms with Crippen LogP contribution in [0.2, 0.25) is 0 Å². The first-order chi connectivity index (χ1) is 9.02. The molecule has 1 aromatic carbocycles. The van der Waals surface area contributed by atoms with Gasteiger partial charge >= 0.3 is 0 Å². The second kappa shape index (κ2) is 7.38. The first-order valence-electron chi connectivity index (χ1n) is 5.90. The molecule has 0 saturated carbocycles. The third-order valence-electron chi connectivity index (χ3n) is 2.32. The number of nitrogens with zero attached hydrogens (tertiary/aromatic N) is 1. The Hall–Kier alpha value is -2.08. The summed E-state index contributed by atoms with van der Waals surface area (Å²) in [7, 11) is 5.03. The van der Waals surface area contributed by atoms with Crippen LogP contribution >= 0.6 is 0 Å². The summed E-state index contributed by atoms with van der Waals surface area (Å²) in [5.74, 6) is 0.283. The van der Waals surface area contributed by atoms with Crippen molar-refractivity contribution >= 4 is 17.5 Å². The highest BCUT2D eigenvalue weighted by Crippen LogP contribution is 2.17. The van der Waals surface area contributed by atoms with Crippen molar-refractivity contribution in [3.05, 3.63) is 24.3 Å². The van der Waals surface area contributed by atoms with Crippen LogP contribution in [0, 0.1) is 0 Å². The van der Waals surface area contributed by atoms with Crippen LogP contribution in [0.5, 0.6) is 5.75 Å². The van der Waals surface area contributed by atoms with E-state index in [-0.39, 0.29) is 25.0 Å². The highest BCUT2D eigenvalue weighted by atomic mass is 16.5. The maximum absolute atomic E-state index is 11.4. The van der Waals surface area contributed by atoms with E-state index >= 15 is 0 Å². The number of ether oxygens (including phenoxy) is 1. The van der Waals surface area contributed by atoms with Crippen LogP contribution in [0.15, 0.2) is 24.3 Å². The lowest BCUT2D eigenvalue weighted by Crippen LogP contribution is -2.27. The van der Waals surface area contributed by atoms with Crippen LogP contribution < -0.4 is 15.4 Å². The van der Waals surface area contributed by atoms with Crippen molar-refractivity contribution in [3.63, 3.8) is 0 Å². The molecular formula is C13H19N3O3. The van der Waals surface area contributed by atoms with Gasteiger partial charge in [-0.15, -0.1) is 0 Å². The Balaban J connectivity index is 2.57. The molecule has 0 aromatic heterocycles. The summed E-state index contributed by atoms with van der Waals surface area (Å²) in [6.07, 6.45) is 0. The van der Waals surface area contributed by atoms with Gasteiger partial charge in [0.25, 0.3) is 5.91 Å².